The van der Waals surface area contributed by atoms with Gasteiger partial charge in [-0.15, -0.1) is 11.3 Å². The Morgan fingerprint density at radius 1 is 0.971 bits per heavy atom. The summed E-state index contributed by atoms with van der Waals surface area (Å²) in [7, 11) is 2.78. The Bertz CT molecular complexity index is 1390. The smallest absolute Gasteiger partial charge is 0.300 e. The van der Waals surface area contributed by atoms with Crippen LogP contribution >= 0.6 is 34.5 Å². The van der Waals surface area contributed by atoms with Gasteiger partial charge in [-0.3, -0.25) is 14.5 Å². The molecule has 2 heterocycles. The molecule has 0 aliphatic carbocycles. The Morgan fingerprint density at radius 3 is 2.23 bits per heavy atom. The van der Waals surface area contributed by atoms with E-state index in [4.69, 9.17) is 32.7 Å². The molecule has 6 nitrogen and oxygen atoms in total. The third kappa shape index (κ3) is 4.07. The fourth-order valence-electron chi connectivity index (χ4n) is 4.18. The van der Waals surface area contributed by atoms with E-state index in [0.717, 1.165) is 21.6 Å². The number of benzene rings is 2. The summed E-state index contributed by atoms with van der Waals surface area (Å²) in [6.45, 7) is 5.80. The maximum atomic E-state index is 13.4. The van der Waals surface area contributed by atoms with Crippen LogP contribution in [0.25, 0.3) is 5.76 Å². The van der Waals surface area contributed by atoms with Crippen molar-refractivity contribution >= 4 is 57.7 Å². The molecule has 0 saturated carbocycles. The number of hydrogen-bond donors (Lipinski definition) is 1. The number of carbonyl (C=O) groups is 2. The van der Waals surface area contributed by atoms with Crippen LogP contribution in [0.2, 0.25) is 10.0 Å². The van der Waals surface area contributed by atoms with Gasteiger partial charge >= 0.3 is 0 Å². The lowest BCUT2D eigenvalue weighted by atomic mass is 9.97. The van der Waals surface area contributed by atoms with Crippen LogP contribution in [0.1, 0.15) is 33.2 Å². The van der Waals surface area contributed by atoms with E-state index in [1.54, 1.807) is 6.07 Å². The van der Waals surface area contributed by atoms with Crippen molar-refractivity contribution in [1.82, 2.24) is 0 Å². The first-order valence-electron chi connectivity index (χ1n) is 10.6. The molecular formula is C26H23Cl2NO5S. The molecule has 9 heteroatoms. The first kappa shape index (κ1) is 25.1. The Labute approximate surface area is 217 Å². The second-order valence-electron chi connectivity index (χ2n) is 8.19. The van der Waals surface area contributed by atoms with Crippen LogP contribution in [0.4, 0.5) is 5.69 Å². The van der Waals surface area contributed by atoms with Gasteiger partial charge < -0.3 is 14.6 Å². The zero-order chi connectivity index (χ0) is 25.6. The normalized spacial score (nSPS) is 17.2. The minimum atomic E-state index is -0.846. The number of carbonyl (C=O) groups excluding carboxylic acids is 2. The molecule has 3 aromatic rings. The quantitative estimate of drug-likeness (QED) is 0.227. The number of hydrogen-bond acceptors (Lipinski definition) is 6. The molecule has 2 aromatic carbocycles. The summed E-state index contributed by atoms with van der Waals surface area (Å²) in [4.78, 5) is 29.0. The molecule has 1 saturated heterocycles. The monoisotopic (exact) mass is 531 g/mol. The molecule has 0 bridgehead atoms. The Hall–Kier alpha value is -3.00. The highest BCUT2D eigenvalue weighted by molar-refractivity contribution is 7.10. The number of thiophene rings is 1. The van der Waals surface area contributed by atoms with Crippen LogP contribution < -0.4 is 14.4 Å². The number of aliphatic hydroxyl groups excluding tert-OH is 1. The lowest BCUT2D eigenvalue weighted by Gasteiger charge is -2.26. The van der Waals surface area contributed by atoms with E-state index < -0.39 is 23.5 Å². The molecule has 1 fully saturated rings. The van der Waals surface area contributed by atoms with Gasteiger partial charge in [-0.05, 0) is 67.1 Å². The number of amides is 1. The number of halogens is 2. The van der Waals surface area contributed by atoms with Gasteiger partial charge in [0.25, 0.3) is 11.7 Å². The molecule has 1 atom stereocenters. The molecule has 1 aliphatic rings. The molecule has 1 amide bonds. The van der Waals surface area contributed by atoms with Gasteiger partial charge in [-0.1, -0.05) is 29.3 Å². The van der Waals surface area contributed by atoms with Crippen molar-refractivity contribution in [3.8, 4) is 11.5 Å². The average molecular weight is 532 g/mol. The summed E-state index contributed by atoms with van der Waals surface area (Å²) < 4.78 is 10.7. The predicted molar refractivity (Wildman–Crippen MR) is 139 cm³/mol. The van der Waals surface area contributed by atoms with Crippen molar-refractivity contribution in [3.05, 3.63) is 78.5 Å². The second-order valence-corrected chi connectivity index (χ2v) is 9.92. The SMILES string of the molecule is COc1c(Cl)cc(/C(O)=C2\C(=O)C(=O)N(c3ccc(C)c(C)c3)C2c2sccc2C)c(OC)c1Cl. The van der Waals surface area contributed by atoms with E-state index in [1.165, 1.54) is 36.5 Å². The summed E-state index contributed by atoms with van der Waals surface area (Å²) in [5.74, 6) is -1.75. The maximum absolute atomic E-state index is 13.4. The van der Waals surface area contributed by atoms with Gasteiger partial charge in [0, 0.05) is 10.6 Å². The van der Waals surface area contributed by atoms with Crippen molar-refractivity contribution in [1.29, 1.82) is 0 Å². The van der Waals surface area contributed by atoms with E-state index in [2.05, 4.69) is 0 Å². The summed E-state index contributed by atoms with van der Waals surface area (Å²) >= 11 is 14.2. The van der Waals surface area contributed by atoms with Gasteiger partial charge in [0.05, 0.1) is 30.4 Å². The number of anilines is 1. The van der Waals surface area contributed by atoms with Crippen LogP contribution in [0.5, 0.6) is 11.5 Å². The molecule has 1 aliphatic heterocycles. The largest absolute Gasteiger partial charge is 0.507 e. The minimum Gasteiger partial charge on any atom is -0.507 e. The van der Waals surface area contributed by atoms with Crippen molar-refractivity contribution in [2.45, 2.75) is 26.8 Å². The van der Waals surface area contributed by atoms with E-state index >= 15 is 0 Å². The first-order chi connectivity index (χ1) is 16.6. The number of aliphatic hydroxyl groups is 1. The zero-order valence-corrected chi connectivity index (χ0v) is 22.1. The van der Waals surface area contributed by atoms with Gasteiger partial charge in [-0.25, -0.2) is 0 Å². The number of Topliss-reactive ketones (excluding diaryl/α,β-unsaturated/α-hetero) is 1. The molecule has 1 N–H and O–H groups in total. The van der Waals surface area contributed by atoms with Gasteiger partial charge in [0.2, 0.25) is 0 Å². The van der Waals surface area contributed by atoms with Gasteiger partial charge in [0.15, 0.2) is 11.5 Å². The third-order valence-electron chi connectivity index (χ3n) is 6.16. The lowest BCUT2D eigenvalue weighted by Crippen LogP contribution is -2.29. The molecule has 182 valence electrons. The zero-order valence-electron chi connectivity index (χ0n) is 19.7. The lowest BCUT2D eigenvalue weighted by molar-refractivity contribution is -0.132. The fourth-order valence-corrected chi connectivity index (χ4v) is 5.89. The summed E-state index contributed by atoms with van der Waals surface area (Å²) in [5, 5.41) is 13.5. The number of ether oxygens (including phenoxy) is 2. The van der Waals surface area contributed by atoms with Crippen LogP contribution in [-0.2, 0) is 9.59 Å². The standard InChI is InChI=1S/C26H23Cl2NO5S/c1-12-6-7-15(10-14(12)3)29-20(25-13(2)8-9-35-25)18(22(31)26(29)32)21(30)16-11-17(27)24(34-5)19(28)23(16)33-4/h6-11,20,30H,1-5H3/b21-18+. The van der Waals surface area contributed by atoms with E-state index in [-0.39, 0.29) is 32.7 Å². The molecule has 0 radical (unpaired) electrons. The highest BCUT2D eigenvalue weighted by Crippen LogP contribution is 2.49. The topological polar surface area (TPSA) is 76.1 Å². The van der Waals surface area contributed by atoms with Crippen LogP contribution in [0.3, 0.4) is 0 Å². The maximum Gasteiger partial charge on any atom is 0.300 e. The fraction of sp³-hybridized carbons (Fsp3) is 0.231. The Kier molecular flexibility index (Phi) is 6.86. The highest BCUT2D eigenvalue weighted by atomic mass is 35.5. The summed E-state index contributed by atoms with van der Waals surface area (Å²) in [6, 6.07) is 8.02. The molecule has 1 aromatic heterocycles. The highest BCUT2D eigenvalue weighted by Gasteiger charge is 2.48. The summed E-state index contributed by atoms with van der Waals surface area (Å²) in [6.07, 6.45) is 0. The number of methoxy groups -OCH3 is 2. The van der Waals surface area contributed by atoms with E-state index in [0.29, 0.717) is 5.69 Å². The van der Waals surface area contributed by atoms with E-state index in [9.17, 15) is 14.7 Å². The first-order valence-corrected chi connectivity index (χ1v) is 12.3. The molecular weight excluding hydrogens is 509 g/mol. The molecule has 0 spiro atoms. The van der Waals surface area contributed by atoms with Gasteiger partial charge in [0.1, 0.15) is 16.8 Å². The second kappa shape index (κ2) is 9.57. The van der Waals surface area contributed by atoms with Crippen LogP contribution in [-0.4, -0.2) is 31.0 Å². The van der Waals surface area contributed by atoms with Crippen molar-refractivity contribution in [2.75, 3.05) is 19.1 Å². The Balaban J connectivity index is 2.02. The van der Waals surface area contributed by atoms with Crippen molar-refractivity contribution in [2.24, 2.45) is 0 Å². The number of rotatable bonds is 5. The number of nitrogens with zero attached hydrogens (tertiary/aromatic N) is 1. The Morgan fingerprint density at radius 2 is 1.66 bits per heavy atom. The summed E-state index contributed by atoms with van der Waals surface area (Å²) in [5.41, 5.74) is 3.49. The predicted octanol–water partition coefficient (Wildman–Crippen LogP) is 6.62. The average Bonchev–Trinajstić information content (AvgIpc) is 3.35. The van der Waals surface area contributed by atoms with Crippen LogP contribution in [0.15, 0.2) is 41.3 Å². The molecule has 4 rings (SSSR count). The third-order valence-corrected chi connectivity index (χ3v) is 7.85. The van der Waals surface area contributed by atoms with Crippen LogP contribution in [0, 0.1) is 20.8 Å². The van der Waals surface area contributed by atoms with Crippen molar-refractivity contribution in [3.63, 3.8) is 0 Å². The van der Waals surface area contributed by atoms with Crippen molar-refractivity contribution < 1.29 is 24.2 Å². The molecule has 1 unspecified atom stereocenters. The minimum absolute atomic E-state index is 0.0382. The van der Waals surface area contributed by atoms with Gasteiger partial charge in [-0.2, -0.15) is 0 Å². The van der Waals surface area contributed by atoms with E-state index in [1.807, 2.05) is 44.4 Å². The number of ketones is 1. The number of aryl methyl sites for hydroxylation is 3. The molecule has 35 heavy (non-hydrogen) atoms.